The van der Waals surface area contributed by atoms with E-state index >= 15 is 0 Å². The number of aryl methyl sites for hydroxylation is 1. The van der Waals surface area contributed by atoms with Crippen LogP contribution in [0, 0.1) is 0 Å². The second-order valence-electron chi connectivity index (χ2n) is 8.44. The van der Waals surface area contributed by atoms with Gasteiger partial charge in [0.05, 0.1) is 23.8 Å². The van der Waals surface area contributed by atoms with Crippen LogP contribution < -0.4 is 15.5 Å². The van der Waals surface area contributed by atoms with Gasteiger partial charge in [-0.05, 0) is 42.8 Å². The molecule has 2 aromatic heterocycles. The van der Waals surface area contributed by atoms with E-state index in [9.17, 15) is 14.4 Å². The van der Waals surface area contributed by atoms with Gasteiger partial charge in [-0.1, -0.05) is 12.1 Å². The molecule has 0 aliphatic carbocycles. The summed E-state index contributed by atoms with van der Waals surface area (Å²) in [6.45, 7) is 2.65. The summed E-state index contributed by atoms with van der Waals surface area (Å²) in [5.41, 5.74) is 2.84. The maximum atomic E-state index is 13.4. The fourth-order valence-electron chi connectivity index (χ4n) is 4.37. The van der Waals surface area contributed by atoms with Crippen LogP contribution in [-0.4, -0.2) is 43.4 Å². The molecule has 35 heavy (non-hydrogen) atoms. The Labute approximate surface area is 201 Å². The van der Waals surface area contributed by atoms with E-state index in [0.29, 0.717) is 23.9 Å². The Morgan fingerprint density at radius 3 is 2.46 bits per heavy atom. The molecule has 178 valence electrons. The van der Waals surface area contributed by atoms with Gasteiger partial charge in [0.25, 0.3) is 5.91 Å². The first-order valence-electron chi connectivity index (χ1n) is 11.4. The van der Waals surface area contributed by atoms with Crippen molar-refractivity contribution in [1.29, 1.82) is 0 Å². The highest BCUT2D eigenvalue weighted by Crippen LogP contribution is 2.36. The zero-order valence-corrected chi connectivity index (χ0v) is 19.2. The number of benzene rings is 2. The maximum Gasteiger partial charge on any atom is 0.253 e. The Morgan fingerprint density at radius 1 is 1.00 bits per heavy atom. The topological polar surface area (TPSA) is 114 Å². The molecule has 1 aliphatic rings. The zero-order chi connectivity index (χ0) is 24.4. The summed E-state index contributed by atoms with van der Waals surface area (Å²) in [4.78, 5) is 48.0. The number of nitrogens with zero attached hydrogens (tertiary/aromatic N) is 5. The molecule has 0 bridgehead atoms. The molecule has 3 amide bonds. The smallest absolute Gasteiger partial charge is 0.253 e. The first kappa shape index (κ1) is 22.3. The molecule has 0 fully saturated rings. The van der Waals surface area contributed by atoms with Crippen LogP contribution in [0.5, 0.6) is 0 Å². The van der Waals surface area contributed by atoms with Crippen molar-refractivity contribution in [1.82, 2.24) is 19.1 Å². The van der Waals surface area contributed by atoms with Crippen LogP contribution in [0.2, 0.25) is 0 Å². The fourth-order valence-corrected chi connectivity index (χ4v) is 4.37. The van der Waals surface area contributed by atoms with Crippen molar-refractivity contribution in [3.63, 3.8) is 0 Å². The van der Waals surface area contributed by atoms with Gasteiger partial charge in [-0.15, -0.1) is 0 Å². The molecule has 1 atom stereocenters. The van der Waals surface area contributed by atoms with E-state index in [0.717, 1.165) is 24.0 Å². The highest BCUT2D eigenvalue weighted by molar-refractivity contribution is 6.05. The van der Waals surface area contributed by atoms with Gasteiger partial charge in [-0.2, -0.15) is 0 Å². The van der Waals surface area contributed by atoms with Gasteiger partial charge in [0.2, 0.25) is 17.8 Å². The molecule has 0 saturated carbocycles. The predicted molar refractivity (Wildman–Crippen MR) is 132 cm³/mol. The van der Waals surface area contributed by atoms with Gasteiger partial charge in [0.15, 0.2) is 0 Å². The van der Waals surface area contributed by atoms with Crippen LogP contribution in [0.25, 0.3) is 11.0 Å². The van der Waals surface area contributed by atoms with E-state index in [4.69, 9.17) is 4.98 Å². The Kier molecular flexibility index (Phi) is 6.01. The third-order valence-electron chi connectivity index (χ3n) is 5.91. The van der Waals surface area contributed by atoms with E-state index in [2.05, 4.69) is 15.6 Å². The molecule has 5 rings (SSSR count). The summed E-state index contributed by atoms with van der Waals surface area (Å²) in [6.07, 6.45) is 6.07. The van der Waals surface area contributed by atoms with E-state index in [1.165, 1.54) is 6.92 Å². The van der Waals surface area contributed by atoms with Gasteiger partial charge < -0.3 is 15.2 Å². The number of para-hydroxylation sites is 2. The molecule has 0 radical (unpaired) electrons. The lowest BCUT2D eigenvalue weighted by Gasteiger charge is -2.16. The second-order valence-corrected chi connectivity index (χ2v) is 8.44. The fraction of sp³-hybridized carbons (Fsp3) is 0.240. The number of carbonyl (C=O) groups is 3. The van der Waals surface area contributed by atoms with Crippen molar-refractivity contribution in [3.8, 4) is 0 Å². The molecule has 0 spiro atoms. The second kappa shape index (κ2) is 9.41. The Morgan fingerprint density at radius 2 is 1.74 bits per heavy atom. The summed E-state index contributed by atoms with van der Waals surface area (Å²) < 4.78 is 3.83. The number of amides is 3. The first-order valence-corrected chi connectivity index (χ1v) is 11.4. The number of hydrogen-bond donors (Lipinski definition) is 2. The first-order chi connectivity index (χ1) is 17.0. The van der Waals surface area contributed by atoms with Crippen molar-refractivity contribution in [2.24, 2.45) is 0 Å². The number of carbonyl (C=O) groups excluding carboxylic acids is 3. The Balaban J connectivity index is 1.33. The van der Waals surface area contributed by atoms with Gasteiger partial charge in [0.1, 0.15) is 6.04 Å². The number of rotatable bonds is 8. The van der Waals surface area contributed by atoms with Crippen molar-refractivity contribution in [2.75, 3.05) is 22.1 Å². The number of nitrogens with one attached hydrogen (secondary N) is 2. The Bertz CT molecular complexity index is 1380. The summed E-state index contributed by atoms with van der Waals surface area (Å²) in [6, 6.07) is 13.8. The van der Waals surface area contributed by atoms with Gasteiger partial charge in [-0.25, -0.2) is 9.97 Å². The lowest BCUT2D eigenvalue weighted by Crippen LogP contribution is -2.32. The van der Waals surface area contributed by atoms with E-state index in [1.54, 1.807) is 41.7 Å². The lowest BCUT2D eigenvalue weighted by molar-refractivity contribution is -0.124. The van der Waals surface area contributed by atoms with E-state index < -0.39 is 6.04 Å². The van der Waals surface area contributed by atoms with Crippen molar-refractivity contribution in [3.05, 3.63) is 67.3 Å². The predicted octanol–water partition coefficient (Wildman–Crippen LogP) is 3.20. The quantitative estimate of drug-likeness (QED) is 0.410. The van der Waals surface area contributed by atoms with Gasteiger partial charge in [0, 0.05) is 43.8 Å². The maximum absolute atomic E-state index is 13.4. The molecular weight excluding hydrogens is 446 g/mol. The summed E-state index contributed by atoms with van der Waals surface area (Å²) in [5.74, 6) is -0.0153. The molecule has 3 heterocycles. The number of aromatic nitrogens is 4. The SMILES string of the molecule is CC(=O)Nc1ccc(NC(=O)C[C@@H]2C(=O)N(CCCn3ccnc3)c3nc4ccccc4n32)cc1. The van der Waals surface area contributed by atoms with Gasteiger partial charge >= 0.3 is 0 Å². The minimum Gasteiger partial charge on any atom is -0.337 e. The average molecular weight is 472 g/mol. The van der Waals surface area contributed by atoms with Crippen LogP contribution in [0.3, 0.4) is 0 Å². The standard InChI is InChI=1S/C25H25N7O3/c1-17(33)27-18-7-9-19(10-8-18)28-23(34)15-22-24(35)31(13-4-12-30-14-11-26-16-30)25-29-20-5-2-3-6-21(20)32(22)25/h2-3,5-11,14,16,22H,4,12-13,15H2,1H3,(H,27,33)(H,28,34)/t22-/m1/s1. The number of fused-ring (bicyclic) bond motifs is 3. The van der Waals surface area contributed by atoms with Crippen LogP contribution in [0.4, 0.5) is 17.3 Å². The third-order valence-corrected chi connectivity index (χ3v) is 5.91. The van der Waals surface area contributed by atoms with E-state index in [-0.39, 0.29) is 24.1 Å². The average Bonchev–Trinajstić information content (AvgIpc) is 3.53. The largest absolute Gasteiger partial charge is 0.337 e. The molecule has 2 N–H and O–H groups in total. The van der Waals surface area contributed by atoms with Crippen LogP contribution in [0.15, 0.2) is 67.3 Å². The zero-order valence-electron chi connectivity index (χ0n) is 19.2. The minimum atomic E-state index is -0.677. The Hall–Kier alpha value is -4.47. The van der Waals surface area contributed by atoms with Gasteiger partial charge in [-0.3, -0.25) is 23.9 Å². The highest BCUT2D eigenvalue weighted by atomic mass is 16.2. The van der Waals surface area contributed by atoms with Crippen molar-refractivity contribution in [2.45, 2.75) is 32.4 Å². The summed E-state index contributed by atoms with van der Waals surface area (Å²) in [7, 11) is 0. The third kappa shape index (κ3) is 4.63. The van der Waals surface area contributed by atoms with Crippen molar-refractivity contribution >= 4 is 46.1 Å². The monoisotopic (exact) mass is 471 g/mol. The van der Waals surface area contributed by atoms with E-state index in [1.807, 2.05) is 39.6 Å². The van der Waals surface area contributed by atoms with Crippen LogP contribution in [0.1, 0.15) is 25.8 Å². The number of imidazole rings is 2. The van der Waals surface area contributed by atoms with Crippen LogP contribution in [-0.2, 0) is 20.9 Å². The molecule has 10 nitrogen and oxygen atoms in total. The summed E-state index contributed by atoms with van der Waals surface area (Å²) in [5, 5.41) is 5.54. The summed E-state index contributed by atoms with van der Waals surface area (Å²) >= 11 is 0. The molecular formula is C25H25N7O3. The lowest BCUT2D eigenvalue weighted by atomic mass is 10.1. The van der Waals surface area contributed by atoms with Crippen LogP contribution >= 0.6 is 0 Å². The van der Waals surface area contributed by atoms with Crippen molar-refractivity contribution < 1.29 is 14.4 Å². The molecule has 0 saturated heterocycles. The molecule has 2 aromatic carbocycles. The minimum absolute atomic E-state index is 0.0162. The molecule has 4 aromatic rings. The molecule has 10 heteroatoms. The molecule has 0 unspecified atom stereocenters. The highest BCUT2D eigenvalue weighted by Gasteiger charge is 2.40. The molecule has 1 aliphatic heterocycles. The normalized spacial score (nSPS) is 14.8. The number of anilines is 3. The number of hydrogen-bond acceptors (Lipinski definition) is 5.